The Hall–Kier alpha value is -1.51. The molecule has 2 fully saturated rings. The molecule has 0 bridgehead atoms. The monoisotopic (exact) mass is 289 g/mol. The minimum absolute atomic E-state index is 0.137. The largest absolute Gasteiger partial charge is 0.441 e. The van der Waals surface area contributed by atoms with Gasteiger partial charge in [-0.1, -0.05) is 50.1 Å². The van der Waals surface area contributed by atoms with Crippen molar-refractivity contribution in [1.29, 1.82) is 0 Å². The van der Waals surface area contributed by atoms with Crippen LogP contribution >= 0.6 is 0 Å². The van der Waals surface area contributed by atoms with Gasteiger partial charge in [-0.05, 0) is 38.2 Å². The highest BCUT2D eigenvalue weighted by Gasteiger charge is 2.45. The van der Waals surface area contributed by atoms with Crippen LogP contribution in [0.4, 0.5) is 4.79 Å². The molecule has 3 nitrogen and oxygen atoms in total. The Morgan fingerprint density at radius 3 is 2.33 bits per heavy atom. The third-order valence-electron chi connectivity index (χ3n) is 4.30. The van der Waals surface area contributed by atoms with Gasteiger partial charge in [0.15, 0.2) is 0 Å². The van der Waals surface area contributed by atoms with E-state index in [9.17, 15) is 4.79 Å². The molecular weight excluding hydrogens is 262 g/mol. The molecule has 1 heterocycles. The molecule has 116 valence electrons. The Kier molecular flexibility index (Phi) is 5.27. The molecule has 0 atom stereocenters. The Morgan fingerprint density at radius 1 is 1.10 bits per heavy atom. The molecule has 0 aromatic heterocycles. The fraction of sp³-hybridized carbons (Fsp3) is 0.611. The molecule has 3 heteroatoms. The van der Waals surface area contributed by atoms with Crippen LogP contribution in [0.3, 0.4) is 0 Å². The summed E-state index contributed by atoms with van der Waals surface area (Å²) in [5, 5.41) is 0. The smallest absolute Gasteiger partial charge is 0.410 e. The van der Waals surface area contributed by atoms with Crippen LogP contribution in [-0.2, 0) is 11.3 Å². The van der Waals surface area contributed by atoms with Crippen LogP contribution in [0.15, 0.2) is 24.3 Å². The molecule has 1 saturated carbocycles. The van der Waals surface area contributed by atoms with Crippen LogP contribution in [0, 0.1) is 6.92 Å². The van der Waals surface area contributed by atoms with Crippen molar-refractivity contribution in [3.8, 4) is 0 Å². The van der Waals surface area contributed by atoms with E-state index in [1.807, 2.05) is 18.7 Å². The summed E-state index contributed by atoms with van der Waals surface area (Å²) in [6.07, 6.45) is 5.57. The van der Waals surface area contributed by atoms with Crippen molar-refractivity contribution in [3.63, 3.8) is 0 Å². The minimum atomic E-state index is -0.181. The molecule has 2 aliphatic rings. The van der Waals surface area contributed by atoms with Crippen LogP contribution in [0.2, 0.25) is 0 Å². The van der Waals surface area contributed by atoms with Crippen molar-refractivity contribution in [1.82, 2.24) is 4.90 Å². The highest BCUT2D eigenvalue weighted by Crippen LogP contribution is 2.37. The van der Waals surface area contributed by atoms with Gasteiger partial charge in [0.1, 0.15) is 5.60 Å². The number of hydrogen-bond acceptors (Lipinski definition) is 2. The molecule has 0 unspecified atom stereocenters. The van der Waals surface area contributed by atoms with Crippen molar-refractivity contribution in [2.24, 2.45) is 0 Å². The van der Waals surface area contributed by atoms with Gasteiger partial charge in [-0.25, -0.2) is 4.79 Å². The molecule has 0 radical (unpaired) electrons. The fourth-order valence-electron chi connectivity index (χ4n) is 3.19. The van der Waals surface area contributed by atoms with Crippen LogP contribution in [0.1, 0.15) is 57.1 Å². The summed E-state index contributed by atoms with van der Waals surface area (Å²) in [7, 11) is 0. The van der Waals surface area contributed by atoms with Crippen LogP contribution in [-0.4, -0.2) is 23.1 Å². The number of nitrogens with zero attached hydrogens (tertiary/aromatic N) is 1. The minimum Gasteiger partial charge on any atom is -0.441 e. The van der Waals surface area contributed by atoms with Gasteiger partial charge >= 0.3 is 6.09 Å². The van der Waals surface area contributed by atoms with Gasteiger partial charge in [0.05, 0.1) is 6.54 Å². The second kappa shape index (κ2) is 6.97. The van der Waals surface area contributed by atoms with E-state index in [1.54, 1.807) is 0 Å². The first-order valence-corrected chi connectivity index (χ1v) is 8.20. The summed E-state index contributed by atoms with van der Waals surface area (Å²) in [5.41, 5.74) is 2.24. The van der Waals surface area contributed by atoms with Crippen molar-refractivity contribution >= 4 is 6.09 Å². The summed E-state index contributed by atoms with van der Waals surface area (Å²) in [6, 6.07) is 8.36. The third kappa shape index (κ3) is 3.78. The second-order valence-electron chi connectivity index (χ2n) is 5.95. The Morgan fingerprint density at radius 2 is 1.71 bits per heavy atom. The lowest BCUT2D eigenvalue weighted by atomic mass is 9.85. The van der Waals surface area contributed by atoms with Crippen molar-refractivity contribution < 1.29 is 9.53 Å². The zero-order chi connectivity index (χ0) is 15.3. The zero-order valence-electron chi connectivity index (χ0n) is 13.5. The molecule has 1 spiro atoms. The van der Waals surface area contributed by atoms with Crippen molar-refractivity contribution in [2.45, 2.75) is 65.0 Å². The second-order valence-corrected chi connectivity index (χ2v) is 5.95. The van der Waals surface area contributed by atoms with E-state index in [2.05, 4.69) is 31.2 Å². The predicted molar refractivity (Wildman–Crippen MR) is 85.2 cm³/mol. The summed E-state index contributed by atoms with van der Waals surface area (Å²) >= 11 is 0. The van der Waals surface area contributed by atoms with Crippen molar-refractivity contribution in [2.75, 3.05) is 6.54 Å². The molecule has 3 rings (SSSR count). The lowest BCUT2D eigenvalue weighted by Crippen LogP contribution is -2.36. The predicted octanol–water partition coefficient (Wildman–Crippen LogP) is 4.68. The number of carbonyl (C=O) groups is 1. The SMILES string of the molecule is CC.Cc1ccc(CN2CC3(CCCCC3)OC2=O)cc1. The van der Waals surface area contributed by atoms with Crippen LogP contribution < -0.4 is 0 Å². The maximum Gasteiger partial charge on any atom is 0.410 e. The van der Waals surface area contributed by atoms with E-state index in [1.165, 1.54) is 30.4 Å². The van der Waals surface area contributed by atoms with Gasteiger partial charge in [0.25, 0.3) is 0 Å². The topological polar surface area (TPSA) is 29.5 Å². The number of ether oxygens (including phenoxy) is 1. The normalized spacial score (nSPS) is 20.0. The number of amides is 1. The molecule has 0 N–H and O–H groups in total. The fourth-order valence-corrected chi connectivity index (χ4v) is 3.19. The maximum absolute atomic E-state index is 12.0. The zero-order valence-corrected chi connectivity index (χ0v) is 13.5. The summed E-state index contributed by atoms with van der Waals surface area (Å²) in [4.78, 5) is 13.9. The highest BCUT2D eigenvalue weighted by atomic mass is 16.6. The highest BCUT2D eigenvalue weighted by molar-refractivity contribution is 5.70. The van der Waals surface area contributed by atoms with Gasteiger partial charge in [0, 0.05) is 6.54 Å². The van der Waals surface area contributed by atoms with Crippen LogP contribution in [0.5, 0.6) is 0 Å². The number of rotatable bonds is 2. The molecule has 1 amide bonds. The Labute approximate surface area is 128 Å². The van der Waals surface area contributed by atoms with Gasteiger partial charge in [0.2, 0.25) is 0 Å². The lowest BCUT2D eigenvalue weighted by Gasteiger charge is -2.30. The molecular formula is C18H27NO2. The van der Waals surface area contributed by atoms with E-state index in [0.717, 1.165) is 19.4 Å². The summed E-state index contributed by atoms with van der Waals surface area (Å²) < 4.78 is 5.69. The average Bonchev–Trinajstić information content (AvgIpc) is 2.80. The third-order valence-corrected chi connectivity index (χ3v) is 4.30. The van der Waals surface area contributed by atoms with Gasteiger partial charge in [-0.15, -0.1) is 0 Å². The van der Waals surface area contributed by atoms with E-state index in [0.29, 0.717) is 6.54 Å². The van der Waals surface area contributed by atoms with Gasteiger partial charge in [-0.3, -0.25) is 4.90 Å². The summed E-state index contributed by atoms with van der Waals surface area (Å²) in [5.74, 6) is 0. The first kappa shape index (κ1) is 15.9. The van der Waals surface area contributed by atoms with Gasteiger partial charge in [-0.2, -0.15) is 0 Å². The van der Waals surface area contributed by atoms with Gasteiger partial charge < -0.3 is 4.74 Å². The molecule has 21 heavy (non-hydrogen) atoms. The van der Waals surface area contributed by atoms with E-state index in [-0.39, 0.29) is 11.7 Å². The van der Waals surface area contributed by atoms with E-state index >= 15 is 0 Å². The average molecular weight is 289 g/mol. The van der Waals surface area contributed by atoms with Crippen LogP contribution in [0.25, 0.3) is 0 Å². The molecule has 1 saturated heterocycles. The molecule has 1 aromatic carbocycles. The maximum atomic E-state index is 12.0. The van der Waals surface area contributed by atoms with E-state index in [4.69, 9.17) is 4.74 Å². The molecule has 1 aliphatic carbocycles. The first-order valence-electron chi connectivity index (χ1n) is 8.20. The van der Waals surface area contributed by atoms with E-state index < -0.39 is 0 Å². The van der Waals surface area contributed by atoms with Crippen molar-refractivity contribution in [3.05, 3.63) is 35.4 Å². The Bertz CT molecular complexity index is 461. The number of aryl methyl sites for hydroxylation is 1. The number of benzene rings is 1. The lowest BCUT2D eigenvalue weighted by molar-refractivity contribution is 0.0260. The number of carbonyl (C=O) groups excluding carboxylic acids is 1. The molecule has 1 aromatic rings. The quantitative estimate of drug-likeness (QED) is 0.791. The number of hydrogen-bond donors (Lipinski definition) is 0. The Balaban J connectivity index is 0.000000774. The standard InChI is InChI=1S/C16H21NO2.C2H6/c1-13-5-7-14(8-6-13)11-17-12-16(19-15(17)18)9-3-2-4-10-16;1-2/h5-8H,2-4,9-12H2,1H3;1-2H3. The first-order chi connectivity index (χ1) is 10.2. The molecule has 1 aliphatic heterocycles. The summed E-state index contributed by atoms with van der Waals surface area (Å²) in [6.45, 7) is 7.51.